The van der Waals surface area contributed by atoms with Crippen LogP contribution in [0.25, 0.3) is 0 Å². The molecular formula is C13H23NO3. The molecular weight excluding hydrogens is 218 g/mol. The second-order valence-corrected chi connectivity index (χ2v) is 5.50. The topological polar surface area (TPSA) is 55.7 Å². The molecule has 0 spiro atoms. The van der Waals surface area contributed by atoms with Gasteiger partial charge in [0.15, 0.2) is 0 Å². The number of esters is 1. The number of nitrogens with zero attached hydrogens (tertiary/aromatic N) is 1. The first-order valence-electron chi connectivity index (χ1n) is 5.79. The Balaban J connectivity index is 4.83. The van der Waals surface area contributed by atoms with Crippen molar-refractivity contribution in [3.8, 4) is 0 Å². The van der Waals surface area contributed by atoms with Gasteiger partial charge in [0, 0.05) is 12.6 Å². The molecule has 4 heteroatoms. The van der Waals surface area contributed by atoms with E-state index in [-0.39, 0.29) is 23.1 Å². The monoisotopic (exact) mass is 241 g/mol. The minimum Gasteiger partial charge on any atom is -0.467 e. The lowest BCUT2D eigenvalue weighted by atomic mass is 9.95. The fourth-order valence-corrected chi connectivity index (χ4v) is 1.43. The maximum atomic E-state index is 11.6. The molecule has 0 amide bonds. The van der Waals surface area contributed by atoms with Gasteiger partial charge in [0.2, 0.25) is 0 Å². The quantitative estimate of drug-likeness (QED) is 0.548. The van der Waals surface area contributed by atoms with Crippen LogP contribution in [-0.4, -0.2) is 31.1 Å². The summed E-state index contributed by atoms with van der Waals surface area (Å²) >= 11 is 0. The summed E-state index contributed by atoms with van der Waals surface area (Å²) in [5.74, 6) is -0.477. The zero-order chi connectivity index (χ0) is 13.6. The van der Waals surface area contributed by atoms with E-state index in [4.69, 9.17) is 4.74 Å². The summed E-state index contributed by atoms with van der Waals surface area (Å²) < 4.78 is 4.72. The normalized spacial score (nSPS) is 15.6. The Bertz CT molecular complexity index is 302. The molecule has 0 rings (SSSR count). The smallest absolute Gasteiger partial charge is 0.330 e. The van der Waals surface area contributed by atoms with Gasteiger partial charge in [-0.1, -0.05) is 27.7 Å². The Morgan fingerprint density at radius 1 is 1.35 bits per heavy atom. The standard InChI is InChI=1S/C13H23NO3/c1-9(7-10(2)15)11(12(16)17-6)14-8-13(3,4)5/h8-9,11H,7H2,1-6H3. The summed E-state index contributed by atoms with van der Waals surface area (Å²) in [6.45, 7) is 9.35. The van der Waals surface area contributed by atoms with Gasteiger partial charge in [-0.15, -0.1) is 0 Å². The predicted octanol–water partition coefficient (Wildman–Crippen LogP) is 2.26. The largest absolute Gasteiger partial charge is 0.467 e. The second-order valence-electron chi connectivity index (χ2n) is 5.50. The third-order valence-electron chi connectivity index (χ3n) is 2.21. The van der Waals surface area contributed by atoms with Crippen molar-refractivity contribution in [3.63, 3.8) is 0 Å². The number of aliphatic imine (C=N–C) groups is 1. The Hall–Kier alpha value is -1.19. The molecule has 2 atom stereocenters. The van der Waals surface area contributed by atoms with Gasteiger partial charge < -0.3 is 9.53 Å². The zero-order valence-corrected chi connectivity index (χ0v) is 11.6. The zero-order valence-electron chi connectivity index (χ0n) is 11.6. The van der Waals surface area contributed by atoms with Crippen LogP contribution in [-0.2, 0) is 14.3 Å². The Morgan fingerprint density at radius 3 is 2.24 bits per heavy atom. The number of ketones is 1. The van der Waals surface area contributed by atoms with Gasteiger partial charge in [0.1, 0.15) is 11.8 Å². The van der Waals surface area contributed by atoms with Crippen LogP contribution < -0.4 is 0 Å². The van der Waals surface area contributed by atoms with Crippen LogP contribution in [0.2, 0.25) is 0 Å². The number of methoxy groups -OCH3 is 1. The molecule has 0 aromatic rings. The molecule has 0 N–H and O–H groups in total. The van der Waals surface area contributed by atoms with Gasteiger partial charge in [0.05, 0.1) is 7.11 Å². The maximum absolute atomic E-state index is 11.6. The number of carbonyl (C=O) groups excluding carboxylic acids is 2. The van der Waals surface area contributed by atoms with E-state index in [0.29, 0.717) is 6.42 Å². The average Bonchev–Trinajstić information content (AvgIpc) is 2.14. The molecule has 4 nitrogen and oxygen atoms in total. The highest BCUT2D eigenvalue weighted by Gasteiger charge is 2.26. The molecule has 0 aromatic carbocycles. The molecule has 0 aliphatic rings. The van der Waals surface area contributed by atoms with E-state index in [1.54, 1.807) is 6.21 Å². The first-order valence-corrected chi connectivity index (χ1v) is 5.79. The molecule has 0 fully saturated rings. The molecule has 17 heavy (non-hydrogen) atoms. The number of ether oxygens (including phenoxy) is 1. The second kappa shape index (κ2) is 6.52. The van der Waals surface area contributed by atoms with Crippen LogP contribution in [0.5, 0.6) is 0 Å². The predicted molar refractivity (Wildman–Crippen MR) is 68.2 cm³/mol. The van der Waals surface area contributed by atoms with E-state index >= 15 is 0 Å². The lowest BCUT2D eigenvalue weighted by Crippen LogP contribution is -2.29. The molecule has 2 unspecified atom stereocenters. The third kappa shape index (κ3) is 6.87. The first-order chi connectivity index (χ1) is 7.67. The molecule has 0 radical (unpaired) electrons. The van der Waals surface area contributed by atoms with E-state index in [1.807, 2.05) is 27.7 Å². The van der Waals surface area contributed by atoms with Gasteiger partial charge >= 0.3 is 5.97 Å². The Kier molecular flexibility index (Phi) is 6.07. The van der Waals surface area contributed by atoms with Crippen LogP contribution in [0, 0.1) is 11.3 Å². The maximum Gasteiger partial charge on any atom is 0.330 e. The lowest BCUT2D eigenvalue weighted by Gasteiger charge is -2.19. The summed E-state index contributed by atoms with van der Waals surface area (Å²) in [4.78, 5) is 26.9. The third-order valence-corrected chi connectivity index (χ3v) is 2.21. The number of Topliss-reactive ketones (excluding diaryl/α,β-unsaturated/α-hetero) is 1. The number of rotatable bonds is 5. The SMILES string of the molecule is COC(=O)C(N=CC(C)(C)C)C(C)CC(C)=O. The summed E-state index contributed by atoms with van der Waals surface area (Å²) in [7, 11) is 1.34. The van der Waals surface area contributed by atoms with E-state index in [2.05, 4.69) is 4.99 Å². The highest BCUT2D eigenvalue weighted by Crippen LogP contribution is 2.16. The highest BCUT2D eigenvalue weighted by atomic mass is 16.5. The summed E-state index contributed by atoms with van der Waals surface area (Å²) in [5.41, 5.74) is -0.0950. The van der Waals surface area contributed by atoms with E-state index < -0.39 is 6.04 Å². The van der Waals surface area contributed by atoms with Crippen molar-refractivity contribution >= 4 is 18.0 Å². The Labute approximate surface area is 103 Å². The van der Waals surface area contributed by atoms with Crippen molar-refractivity contribution in [2.45, 2.75) is 47.1 Å². The fraction of sp³-hybridized carbons (Fsp3) is 0.769. The van der Waals surface area contributed by atoms with Gasteiger partial charge in [-0.05, 0) is 18.3 Å². The van der Waals surface area contributed by atoms with Crippen molar-refractivity contribution < 1.29 is 14.3 Å². The van der Waals surface area contributed by atoms with E-state index in [1.165, 1.54) is 14.0 Å². The van der Waals surface area contributed by atoms with Gasteiger partial charge in [-0.2, -0.15) is 0 Å². The molecule has 0 saturated heterocycles. The van der Waals surface area contributed by atoms with Crippen LogP contribution in [0.3, 0.4) is 0 Å². The molecule has 0 saturated carbocycles. The van der Waals surface area contributed by atoms with Crippen molar-refractivity contribution in [2.75, 3.05) is 7.11 Å². The van der Waals surface area contributed by atoms with Crippen molar-refractivity contribution in [1.82, 2.24) is 0 Å². The molecule has 0 aromatic heterocycles. The van der Waals surface area contributed by atoms with Crippen LogP contribution in [0.1, 0.15) is 41.0 Å². The fourth-order valence-electron chi connectivity index (χ4n) is 1.43. The van der Waals surface area contributed by atoms with Crippen LogP contribution in [0.15, 0.2) is 4.99 Å². The van der Waals surface area contributed by atoms with Crippen molar-refractivity contribution in [1.29, 1.82) is 0 Å². The molecule has 0 heterocycles. The first kappa shape index (κ1) is 15.8. The van der Waals surface area contributed by atoms with Gasteiger partial charge in [0.25, 0.3) is 0 Å². The van der Waals surface area contributed by atoms with Crippen molar-refractivity contribution in [3.05, 3.63) is 0 Å². The van der Waals surface area contributed by atoms with Crippen LogP contribution >= 0.6 is 0 Å². The minimum atomic E-state index is -0.594. The van der Waals surface area contributed by atoms with Gasteiger partial charge in [-0.25, -0.2) is 4.79 Å². The minimum absolute atomic E-state index is 0.0531. The molecule has 0 aliphatic heterocycles. The number of hydrogen-bond donors (Lipinski definition) is 0. The highest BCUT2D eigenvalue weighted by molar-refractivity contribution is 5.81. The molecule has 0 bridgehead atoms. The van der Waals surface area contributed by atoms with Crippen molar-refractivity contribution in [2.24, 2.45) is 16.3 Å². The number of hydrogen-bond acceptors (Lipinski definition) is 4. The van der Waals surface area contributed by atoms with Crippen LogP contribution in [0.4, 0.5) is 0 Å². The molecule has 98 valence electrons. The lowest BCUT2D eigenvalue weighted by molar-refractivity contribution is -0.143. The molecule has 0 aliphatic carbocycles. The van der Waals surface area contributed by atoms with Gasteiger partial charge in [-0.3, -0.25) is 4.99 Å². The van der Waals surface area contributed by atoms with E-state index in [0.717, 1.165) is 0 Å². The average molecular weight is 241 g/mol. The number of carbonyl (C=O) groups is 2. The Morgan fingerprint density at radius 2 is 1.88 bits per heavy atom. The van der Waals surface area contributed by atoms with E-state index in [9.17, 15) is 9.59 Å². The summed E-state index contributed by atoms with van der Waals surface area (Å²) in [6, 6.07) is -0.594. The summed E-state index contributed by atoms with van der Waals surface area (Å²) in [6.07, 6.45) is 2.08. The summed E-state index contributed by atoms with van der Waals surface area (Å²) in [5, 5.41) is 0.